The summed E-state index contributed by atoms with van der Waals surface area (Å²) in [6, 6.07) is 5.89. The van der Waals surface area contributed by atoms with Gasteiger partial charge in [-0.05, 0) is 31.9 Å². The molecular formula is C17H29IN6O. The molecule has 0 aliphatic carbocycles. The van der Waals surface area contributed by atoms with Crippen LogP contribution in [0.2, 0.25) is 0 Å². The molecule has 140 valence electrons. The summed E-state index contributed by atoms with van der Waals surface area (Å²) in [5.41, 5.74) is 0.893. The van der Waals surface area contributed by atoms with E-state index in [1.807, 2.05) is 49.0 Å². The van der Waals surface area contributed by atoms with Crippen molar-refractivity contribution in [1.29, 1.82) is 0 Å². The third kappa shape index (κ3) is 7.05. The van der Waals surface area contributed by atoms with Gasteiger partial charge in [0.1, 0.15) is 5.82 Å². The normalized spacial score (nSPS) is 14.0. The zero-order valence-corrected chi connectivity index (χ0v) is 17.6. The molecule has 1 aliphatic rings. The lowest BCUT2D eigenvalue weighted by Crippen LogP contribution is -2.44. The van der Waals surface area contributed by atoms with Crippen LogP contribution in [0.1, 0.15) is 25.5 Å². The second kappa shape index (κ2) is 11.1. The molecule has 2 rings (SSSR count). The summed E-state index contributed by atoms with van der Waals surface area (Å²) in [6.07, 6.45) is 2.21. The van der Waals surface area contributed by atoms with Gasteiger partial charge in [0, 0.05) is 33.7 Å². The Bertz CT molecular complexity index is 572. The Morgan fingerprint density at radius 1 is 1.28 bits per heavy atom. The number of hydrogen-bond acceptors (Lipinski definition) is 4. The summed E-state index contributed by atoms with van der Waals surface area (Å²) < 4.78 is 0. The van der Waals surface area contributed by atoms with Gasteiger partial charge in [-0.1, -0.05) is 6.07 Å². The first-order chi connectivity index (χ1) is 11.6. The van der Waals surface area contributed by atoms with Crippen LogP contribution in [0.4, 0.5) is 5.82 Å². The molecule has 1 amide bonds. The van der Waals surface area contributed by atoms with Crippen molar-refractivity contribution >= 4 is 41.7 Å². The van der Waals surface area contributed by atoms with E-state index in [2.05, 4.69) is 20.6 Å². The van der Waals surface area contributed by atoms with Crippen LogP contribution in [0, 0.1) is 0 Å². The second-order valence-corrected chi connectivity index (χ2v) is 6.02. The van der Waals surface area contributed by atoms with Crippen LogP contribution >= 0.6 is 24.0 Å². The van der Waals surface area contributed by atoms with Gasteiger partial charge < -0.3 is 20.4 Å². The molecule has 0 radical (unpaired) electrons. The predicted octanol–water partition coefficient (Wildman–Crippen LogP) is 1.44. The molecule has 0 aromatic carbocycles. The highest BCUT2D eigenvalue weighted by Crippen LogP contribution is 2.09. The van der Waals surface area contributed by atoms with Crippen molar-refractivity contribution in [2.75, 3.05) is 45.2 Å². The number of aromatic nitrogens is 1. The van der Waals surface area contributed by atoms with E-state index in [9.17, 15) is 4.79 Å². The van der Waals surface area contributed by atoms with Crippen LogP contribution in [0.5, 0.6) is 0 Å². The summed E-state index contributed by atoms with van der Waals surface area (Å²) in [5.74, 6) is 1.68. The summed E-state index contributed by atoms with van der Waals surface area (Å²) in [6.45, 7) is 5.23. The minimum absolute atomic E-state index is 0. The van der Waals surface area contributed by atoms with Crippen molar-refractivity contribution in [2.45, 2.75) is 26.3 Å². The number of guanidine groups is 1. The highest BCUT2D eigenvalue weighted by atomic mass is 127. The fourth-order valence-electron chi connectivity index (χ4n) is 2.54. The molecule has 7 nitrogen and oxygen atoms in total. The van der Waals surface area contributed by atoms with E-state index in [4.69, 9.17) is 0 Å². The molecular weight excluding hydrogens is 431 g/mol. The van der Waals surface area contributed by atoms with E-state index in [1.54, 1.807) is 0 Å². The van der Waals surface area contributed by atoms with Crippen molar-refractivity contribution in [3.8, 4) is 0 Å². The number of anilines is 1. The number of carbonyl (C=O) groups is 1. The molecule has 0 bridgehead atoms. The summed E-state index contributed by atoms with van der Waals surface area (Å²) in [7, 11) is 3.93. The van der Waals surface area contributed by atoms with Crippen molar-refractivity contribution in [2.24, 2.45) is 4.99 Å². The average Bonchev–Trinajstić information content (AvgIpc) is 3.12. The highest BCUT2D eigenvalue weighted by Gasteiger charge is 2.17. The van der Waals surface area contributed by atoms with E-state index < -0.39 is 0 Å². The van der Waals surface area contributed by atoms with Crippen molar-refractivity contribution in [3.05, 3.63) is 23.9 Å². The Morgan fingerprint density at radius 3 is 2.64 bits per heavy atom. The standard InChI is InChI=1S/C17H28N6O.HI/c1-4-18-17(20-13-16(24)23-10-5-6-11-23)19-12-14-8-7-9-15(21-14)22(2)3;/h7-9H,4-6,10-13H2,1-3H3,(H2,18,19,20);1H. The van der Waals surface area contributed by atoms with Crippen molar-refractivity contribution in [1.82, 2.24) is 20.5 Å². The average molecular weight is 460 g/mol. The number of carbonyl (C=O) groups excluding carboxylic acids is 1. The molecule has 1 aliphatic heterocycles. The molecule has 1 aromatic rings. The minimum Gasteiger partial charge on any atom is -0.363 e. The largest absolute Gasteiger partial charge is 0.363 e. The van der Waals surface area contributed by atoms with Gasteiger partial charge in [-0.3, -0.25) is 4.79 Å². The maximum Gasteiger partial charge on any atom is 0.241 e. The summed E-state index contributed by atoms with van der Waals surface area (Å²) in [5, 5.41) is 6.28. The first-order valence-corrected chi connectivity index (χ1v) is 8.53. The lowest BCUT2D eigenvalue weighted by atomic mass is 10.3. The number of hydrogen-bond donors (Lipinski definition) is 2. The van der Waals surface area contributed by atoms with Crippen LogP contribution in [0.15, 0.2) is 23.2 Å². The molecule has 1 aromatic heterocycles. The topological polar surface area (TPSA) is 72.9 Å². The Morgan fingerprint density at radius 2 is 2.00 bits per heavy atom. The fourth-order valence-corrected chi connectivity index (χ4v) is 2.54. The van der Waals surface area contributed by atoms with Gasteiger partial charge in [-0.25, -0.2) is 9.98 Å². The maximum atomic E-state index is 12.1. The van der Waals surface area contributed by atoms with Gasteiger partial charge in [-0.2, -0.15) is 0 Å². The van der Waals surface area contributed by atoms with Crippen molar-refractivity contribution < 1.29 is 4.79 Å². The number of nitrogens with zero attached hydrogens (tertiary/aromatic N) is 4. The first-order valence-electron chi connectivity index (χ1n) is 8.53. The molecule has 2 heterocycles. The smallest absolute Gasteiger partial charge is 0.241 e. The van der Waals surface area contributed by atoms with Crippen LogP contribution in [-0.2, 0) is 11.3 Å². The molecule has 1 fully saturated rings. The number of likely N-dealkylation sites (tertiary alicyclic amines) is 1. The third-order valence-corrected chi connectivity index (χ3v) is 3.86. The molecule has 0 saturated carbocycles. The number of nitrogens with one attached hydrogen (secondary N) is 2. The lowest BCUT2D eigenvalue weighted by molar-refractivity contribution is -0.128. The maximum absolute atomic E-state index is 12.1. The van der Waals surface area contributed by atoms with Gasteiger partial charge in [0.25, 0.3) is 0 Å². The molecule has 0 unspecified atom stereocenters. The predicted molar refractivity (Wildman–Crippen MR) is 113 cm³/mol. The van der Waals surface area contributed by atoms with Crippen LogP contribution < -0.4 is 15.5 Å². The first kappa shape index (κ1) is 21.5. The molecule has 2 N–H and O–H groups in total. The summed E-state index contributed by atoms with van der Waals surface area (Å²) in [4.78, 5) is 25.1. The van der Waals surface area contributed by atoms with E-state index in [-0.39, 0.29) is 36.4 Å². The van der Waals surface area contributed by atoms with Crippen LogP contribution in [-0.4, -0.2) is 62.0 Å². The van der Waals surface area contributed by atoms with E-state index in [1.165, 1.54) is 0 Å². The number of rotatable bonds is 6. The number of amides is 1. The number of pyridine rings is 1. The van der Waals surface area contributed by atoms with Gasteiger partial charge in [-0.15, -0.1) is 24.0 Å². The van der Waals surface area contributed by atoms with Crippen molar-refractivity contribution in [3.63, 3.8) is 0 Å². The SMILES string of the molecule is CCNC(=NCc1cccc(N(C)C)n1)NCC(=O)N1CCCC1.I. The minimum atomic E-state index is 0. The quantitative estimate of drug-likeness (QED) is 0.382. The Labute approximate surface area is 167 Å². The Hall–Kier alpha value is -1.58. The summed E-state index contributed by atoms with van der Waals surface area (Å²) >= 11 is 0. The van der Waals surface area contributed by atoms with Crippen LogP contribution in [0.3, 0.4) is 0 Å². The number of halogens is 1. The molecule has 8 heteroatoms. The second-order valence-electron chi connectivity index (χ2n) is 6.02. The van der Waals surface area contributed by atoms with E-state index in [0.29, 0.717) is 12.5 Å². The highest BCUT2D eigenvalue weighted by molar-refractivity contribution is 14.0. The Kier molecular flexibility index (Phi) is 9.54. The third-order valence-electron chi connectivity index (χ3n) is 3.86. The fraction of sp³-hybridized carbons (Fsp3) is 0.588. The lowest BCUT2D eigenvalue weighted by Gasteiger charge is -2.17. The number of aliphatic imine (C=N–C) groups is 1. The van der Waals surface area contributed by atoms with Gasteiger partial charge in [0.2, 0.25) is 5.91 Å². The zero-order valence-electron chi connectivity index (χ0n) is 15.3. The monoisotopic (exact) mass is 460 g/mol. The Balaban J connectivity index is 0.00000312. The van der Waals surface area contributed by atoms with Crippen LogP contribution in [0.25, 0.3) is 0 Å². The molecule has 25 heavy (non-hydrogen) atoms. The van der Waals surface area contributed by atoms with E-state index >= 15 is 0 Å². The molecule has 0 spiro atoms. The molecule has 0 atom stereocenters. The van der Waals surface area contributed by atoms with Gasteiger partial charge in [0.05, 0.1) is 18.8 Å². The van der Waals surface area contributed by atoms with E-state index in [0.717, 1.165) is 44.0 Å². The van der Waals surface area contributed by atoms with Gasteiger partial charge in [0.15, 0.2) is 5.96 Å². The molecule has 1 saturated heterocycles. The zero-order chi connectivity index (χ0) is 17.4. The van der Waals surface area contributed by atoms with Gasteiger partial charge >= 0.3 is 0 Å².